The Balaban J connectivity index is 1.46. The third-order valence-corrected chi connectivity index (χ3v) is 5.00. The fourth-order valence-corrected chi connectivity index (χ4v) is 3.69. The third-order valence-electron chi connectivity index (χ3n) is 5.00. The van der Waals surface area contributed by atoms with Crippen molar-refractivity contribution in [3.8, 4) is 11.1 Å². The van der Waals surface area contributed by atoms with E-state index in [0.717, 1.165) is 17.7 Å². The Morgan fingerprint density at radius 3 is 2.50 bits per heavy atom. The predicted molar refractivity (Wildman–Crippen MR) is 86.7 cm³/mol. The number of hydrogen-bond donors (Lipinski definition) is 1. The van der Waals surface area contributed by atoms with Crippen LogP contribution in [0.25, 0.3) is 11.1 Å². The van der Waals surface area contributed by atoms with Gasteiger partial charge in [0.15, 0.2) is 0 Å². The fraction of sp³-hybridized carbons (Fsp3) is 0.389. The summed E-state index contributed by atoms with van der Waals surface area (Å²) in [6, 6.07) is 12.4. The first-order valence-corrected chi connectivity index (χ1v) is 8.06. The molecular weight excluding hydrogens is 274 g/mol. The number of aromatic nitrogens is 1. The Hall–Kier alpha value is -2.07. The monoisotopic (exact) mass is 295 g/mol. The molecule has 4 heteroatoms. The summed E-state index contributed by atoms with van der Waals surface area (Å²) in [5.41, 5.74) is 2.21. The van der Waals surface area contributed by atoms with E-state index < -0.39 is 0 Å². The second kappa shape index (κ2) is 5.61. The van der Waals surface area contributed by atoms with Gasteiger partial charge in [-0.05, 0) is 49.0 Å². The molecule has 3 aliphatic heterocycles. The highest BCUT2D eigenvalue weighted by atomic mass is 16.2. The number of fused-ring (bicyclic) bond motifs is 3. The summed E-state index contributed by atoms with van der Waals surface area (Å²) in [6.45, 7) is 3.39. The highest BCUT2D eigenvalue weighted by Gasteiger charge is 2.34. The Morgan fingerprint density at radius 2 is 1.82 bits per heavy atom. The van der Waals surface area contributed by atoms with E-state index >= 15 is 0 Å². The molecule has 0 spiro atoms. The standard InChI is InChI=1S/C18H21N3O/c22-18(19-17-13-20-9-6-15(17)7-10-20)21-11-8-16(12-21)14-4-2-1-3-5-14/h1-5,8,11-12,15,17H,6-7,9-10,13H2,(H,19,22)/t17-/m0/s1. The number of nitrogens with zero attached hydrogens (tertiary/aromatic N) is 2. The van der Waals surface area contributed by atoms with Crippen molar-refractivity contribution in [3.63, 3.8) is 0 Å². The topological polar surface area (TPSA) is 37.3 Å². The van der Waals surface area contributed by atoms with Gasteiger partial charge in [-0.3, -0.25) is 4.57 Å². The van der Waals surface area contributed by atoms with E-state index in [2.05, 4.69) is 22.3 Å². The van der Waals surface area contributed by atoms with Crippen LogP contribution in [-0.2, 0) is 0 Å². The van der Waals surface area contributed by atoms with Crippen molar-refractivity contribution in [1.29, 1.82) is 0 Å². The molecule has 3 fully saturated rings. The van der Waals surface area contributed by atoms with Crippen molar-refractivity contribution >= 4 is 6.03 Å². The summed E-state index contributed by atoms with van der Waals surface area (Å²) >= 11 is 0. The predicted octanol–water partition coefficient (Wildman–Crippen LogP) is 2.81. The van der Waals surface area contributed by atoms with E-state index in [9.17, 15) is 4.79 Å². The second-order valence-corrected chi connectivity index (χ2v) is 6.37. The number of nitrogens with one attached hydrogen (secondary N) is 1. The molecule has 0 unspecified atom stereocenters. The highest BCUT2D eigenvalue weighted by Crippen LogP contribution is 2.27. The Labute approximate surface area is 130 Å². The fourth-order valence-electron chi connectivity index (χ4n) is 3.69. The van der Waals surface area contributed by atoms with Gasteiger partial charge in [-0.25, -0.2) is 4.79 Å². The van der Waals surface area contributed by atoms with Crippen LogP contribution >= 0.6 is 0 Å². The second-order valence-electron chi connectivity index (χ2n) is 6.37. The minimum absolute atomic E-state index is 0.0130. The highest BCUT2D eigenvalue weighted by molar-refractivity contribution is 5.79. The average molecular weight is 295 g/mol. The number of amides is 1. The van der Waals surface area contributed by atoms with Crippen molar-refractivity contribution in [1.82, 2.24) is 14.8 Å². The molecule has 1 amide bonds. The van der Waals surface area contributed by atoms with Gasteiger partial charge in [0.25, 0.3) is 0 Å². The van der Waals surface area contributed by atoms with Gasteiger partial charge in [0.1, 0.15) is 0 Å². The number of piperidine rings is 3. The van der Waals surface area contributed by atoms with Crippen LogP contribution in [0.15, 0.2) is 48.8 Å². The van der Waals surface area contributed by atoms with Crippen LogP contribution in [0.1, 0.15) is 12.8 Å². The van der Waals surface area contributed by atoms with E-state index in [1.165, 1.54) is 25.9 Å². The molecule has 4 nitrogen and oxygen atoms in total. The summed E-state index contributed by atoms with van der Waals surface area (Å²) < 4.78 is 1.67. The molecule has 1 atom stereocenters. The van der Waals surface area contributed by atoms with Crippen LogP contribution in [0, 0.1) is 5.92 Å². The van der Waals surface area contributed by atoms with Crippen LogP contribution in [0.4, 0.5) is 4.79 Å². The van der Waals surface area contributed by atoms with E-state index in [0.29, 0.717) is 12.0 Å². The van der Waals surface area contributed by atoms with Crippen molar-refractivity contribution in [3.05, 3.63) is 48.8 Å². The number of benzene rings is 1. The molecule has 3 aliphatic rings. The van der Waals surface area contributed by atoms with Gasteiger partial charge in [0.2, 0.25) is 0 Å². The molecule has 2 bridgehead atoms. The van der Waals surface area contributed by atoms with Crippen LogP contribution in [-0.4, -0.2) is 41.2 Å². The molecule has 0 radical (unpaired) electrons. The lowest BCUT2D eigenvalue weighted by molar-refractivity contribution is 0.0767. The zero-order valence-corrected chi connectivity index (χ0v) is 12.6. The zero-order valence-electron chi connectivity index (χ0n) is 12.6. The molecule has 4 heterocycles. The van der Waals surface area contributed by atoms with Gasteiger partial charge >= 0.3 is 6.03 Å². The minimum Gasteiger partial charge on any atom is -0.333 e. The molecule has 3 saturated heterocycles. The molecule has 0 aliphatic carbocycles. The lowest BCUT2D eigenvalue weighted by Crippen LogP contribution is -2.57. The van der Waals surface area contributed by atoms with E-state index in [1.54, 1.807) is 4.57 Å². The Bertz CT molecular complexity index is 656. The minimum atomic E-state index is -0.0130. The quantitative estimate of drug-likeness (QED) is 0.925. The lowest BCUT2D eigenvalue weighted by Gasteiger charge is -2.44. The zero-order chi connectivity index (χ0) is 14.9. The first-order valence-electron chi connectivity index (χ1n) is 8.06. The van der Waals surface area contributed by atoms with Gasteiger partial charge < -0.3 is 10.2 Å². The van der Waals surface area contributed by atoms with Crippen LogP contribution in [0.2, 0.25) is 0 Å². The maximum Gasteiger partial charge on any atom is 0.325 e. The molecule has 1 aromatic heterocycles. The van der Waals surface area contributed by atoms with Crippen molar-refractivity contribution in [2.24, 2.45) is 5.92 Å². The van der Waals surface area contributed by atoms with Crippen LogP contribution in [0.3, 0.4) is 0 Å². The first kappa shape index (κ1) is 13.6. The Morgan fingerprint density at radius 1 is 1.05 bits per heavy atom. The first-order chi connectivity index (χ1) is 10.8. The largest absolute Gasteiger partial charge is 0.333 e. The van der Waals surface area contributed by atoms with Crippen LogP contribution < -0.4 is 5.32 Å². The average Bonchev–Trinajstić information content (AvgIpc) is 3.07. The molecule has 5 rings (SSSR count). The van der Waals surface area contributed by atoms with Crippen LogP contribution in [0.5, 0.6) is 0 Å². The summed E-state index contributed by atoms with van der Waals surface area (Å²) in [5.74, 6) is 0.651. The van der Waals surface area contributed by atoms with E-state index in [-0.39, 0.29) is 6.03 Å². The smallest absolute Gasteiger partial charge is 0.325 e. The number of rotatable bonds is 2. The molecule has 2 aromatic rings. The molecule has 0 saturated carbocycles. The maximum atomic E-state index is 12.5. The molecule has 114 valence electrons. The summed E-state index contributed by atoms with van der Waals surface area (Å²) in [7, 11) is 0. The maximum absolute atomic E-state index is 12.5. The number of hydrogen-bond acceptors (Lipinski definition) is 2. The number of carbonyl (C=O) groups is 1. The molecule has 1 N–H and O–H groups in total. The van der Waals surface area contributed by atoms with Crippen molar-refractivity contribution < 1.29 is 4.79 Å². The van der Waals surface area contributed by atoms with Gasteiger partial charge in [0, 0.05) is 25.0 Å². The summed E-state index contributed by atoms with van der Waals surface area (Å²) in [4.78, 5) is 14.9. The third kappa shape index (κ3) is 2.55. The van der Waals surface area contributed by atoms with Gasteiger partial charge in [-0.2, -0.15) is 0 Å². The molecule has 1 aromatic carbocycles. The SMILES string of the molecule is O=C(N[C@H]1CN2CCC1CC2)n1ccc(-c2ccccc2)c1. The summed E-state index contributed by atoms with van der Waals surface area (Å²) in [6.07, 6.45) is 6.18. The Kier molecular flexibility index (Phi) is 3.47. The van der Waals surface area contributed by atoms with E-state index in [4.69, 9.17) is 0 Å². The van der Waals surface area contributed by atoms with Crippen molar-refractivity contribution in [2.45, 2.75) is 18.9 Å². The molecule has 22 heavy (non-hydrogen) atoms. The van der Waals surface area contributed by atoms with Crippen molar-refractivity contribution in [2.75, 3.05) is 19.6 Å². The lowest BCUT2D eigenvalue weighted by atomic mass is 9.84. The van der Waals surface area contributed by atoms with Gasteiger partial charge in [-0.1, -0.05) is 30.3 Å². The molecular formula is C18H21N3O. The summed E-state index contributed by atoms with van der Waals surface area (Å²) in [5, 5.41) is 3.21. The number of carbonyl (C=O) groups excluding carboxylic acids is 1. The van der Waals surface area contributed by atoms with Gasteiger partial charge in [0.05, 0.1) is 0 Å². The van der Waals surface area contributed by atoms with E-state index in [1.807, 2.05) is 36.7 Å². The normalized spacial score (nSPS) is 26.8. The van der Waals surface area contributed by atoms with Gasteiger partial charge in [-0.15, -0.1) is 0 Å².